The van der Waals surface area contributed by atoms with Gasteiger partial charge < -0.3 is 119 Å². The molecule has 3 fully saturated rings. The second-order valence-corrected chi connectivity index (χ2v) is 31.1. The molecule has 668 valence electrons. The quantitative estimate of drug-likeness (QED) is 0.0211. The zero-order chi connectivity index (χ0) is 84.4. The number of unbranched alkanes of at least 4 members (excludes halogenated alkanes) is 13. The molecule has 0 aromatic carbocycles. The summed E-state index contributed by atoms with van der Waals surface area (Å²) in [5.74, 6) is -2.63. The van der Waals surface area contributed by atoms with E-state index in [4.69, 9.17) is 52.1 Å². The first-order valence-corrected chi connectivity index (χ1v) is 42.8. The van der Waals surface area contributed by atoms with Crippen molar-refractivity contribution >= 4 is 53.1 Å². The predicted octanol–water partition coefficient (Wildman–Crippen LogP) is 5.21. The van der Waals surface area contributed by atoms with Gasteiger partial charge in [0, 0.05) is 108 Å². The number of amides is 4. The molecule has 0 aromatic heterocycles. The van der Waals surface area contributed by atoms with Crippen LogP contribution in [-0.2, 0) is 90.5 Å². The number of ether oxygens (including phenoxy) is 11. The maximum Gasteiger partial charge on any atom is 0.407 e. The molecule has 0 aliphatic carbocycles. The fourth-order valence-electron chi connectivity index (χ4n) is 14.0. The molecular weight excluding hydrogens is 1500 g/mol. The maximum atomic E-state index is 14.1. The van der Waals surface area contributed by atoms with Crippen LogP contribution in [0.3, 0.4) is 0 Å². The summed E-state index contributed by atoms with van der Waals surface area (Å²) >= 11 is 0. The van der Waals surface area contributed by atoms with E-state index >= 15 is 0 Å². The SMILES string of the molecule is CCC(=O)COCCOCCNC(=O)CCCCC(=O)CC(CCCOC(=O)CCCCCCCNC(=O)CCCOC1OC(CO)C(O)C(O)C1C)(CCCOC(=O)CCCCCCCNC(=O)CCCOC1OC(CO)C(O)C(O)C1C)CCCOC(=O)NCCCCCCCC(=O)CCCOC1OC(CO)C(O)C(O)C1C. The molecule has 4 amide bonds. The second kappa shape index (κ2) is 63.9. The lowest BCUT2D eigenvalue weighted by Crippen LogP contribution is -2.55. The molecule has 15 unspecified atom stereocenters. The third kappa shape index (κ3) is 46.4. The molecule has 0 aromatic rings. The van der Waals surface area contributed by atoms with Gasteiger partial charge in [-0.2, -0.15) is 0 Å². The summed E-state index contributed by atoms with van der Waals surface area (Å²) in [5.41, 5.74) is -0.673. The summed E-state index contributed by atoms with van der Waals surface area (Å²) in [4.78, 5) is 115. The van der Waals surface area contributed by atoms with Crippen LogP contribution in [0, 0.1) is 23.2 Å². The van der Waals surface area contributed by atoms with Crippen molar-refractivity contribution in [2.45, 2.75) is 333 Å². The first-order chi connectivity index (χ1) is 55.4. The van der Waals surface area contributed by atoms with E-state index in [1.807, 2.05) is 0 Å². The number of ketones is 3. The van der Waals surface area contributed by atoms with Crippen LogP contribution in [0.4, 0.5) is 4.79 Å². The standard InChI is InChI=1S/C82H146N4O29/c1-5-61(90)57-106-52-51-105-50-43-85-67(93)32-19-18-30-63(92)53-82(37-26-47-107-70(96)35-16-10-7-12-20-40-83-68(94)33-24-45-110-79-59(3)73(99)76(102)65(55-88)114-79,38-27-48-108-71(97)36-17-11-8-13-21-41-84-69(95)34-25-46-111-80-60(4)74(100)77(103)66(56-89)115-80)39-28-49-112-81(104)86-42-22-14-6-9-15-29-62(91)31-23-44-109-78-58(2)72(98)75(101)64(54-87)113-78/h58-60,64-66,72-80,87-89,98-103H,5-57H2,1-4H3,(H,83,94)(H,84,95)(H,85,93)(H,86,104). The Bertz CT molecular complexity index is 2420. The van der Waals surface area contributed by atoms with E-state index in [-0.39, 0.29) is 165 Å². The minimum Gasteiger partial charge on any atom is -0.466 e. The molecule has 3 rings (SSSR count). The third-order valence-corrected chi connectivity index (χ3v) is 21.4. The number of Topliss-reactive ketones (excluding diaryl/α,β-unsaturated/α-hetero) is 3. The molecule has 3 saturated heterocycles. The minimum absolute atomic E-state index is 0.00184. The van der Waals surface area contributed by atoms with Crippen molar-refractivity contribution in [1.82, 2.24) is 21.3 Å². The third-order valence-electron chi connectivity index (χ3n) is 21.4. The molecule has 3 aliphatic rings. The van der Waals surface area contributed by atoms with Crippen molar-refractivity contribution in [1.29, 1.82) is 0 Å². The Labute approximate surface area is 680 Å². The maximum absolute atomic E-state index is 14.1. The van der Waals surface area contributed by atoms with Gasteiger partial charge in [0.25, 0.3) is 0 Å². The van der Waals surface area contributed by atoms with Crippen LogP contribution in [-0.4, -0.2) is 285 Å². The largest absolute Gasteiger partial charge is 0.466 e. The fourth-order valence-corrected chi connectivity index (χ4v) is 14.0. The Balaban J connectivity index is 1.51. The topological polar surface area (TPSA) is 485 Å². The van der Waals surface area contributed by atoms with Gasteiger partial charge in [0.1, 0.15) is 54.8 Å². The van der Waals surface area contributed by atoms with Gasteiger partial charge in [0.15, 0.2) is 24.7 Å². The molecule has 15 atom stereocenters. The Hall–Kier alpha value is -5.05. The highest BCUT2D eigenvalue weighted by atomic mass is 16.7. The Morgan fingerprint density at radius 3 is 1.10 bits per heavy atom. The first-order valence-electron chi connectivity index (χ1n) is 42.8. The zero-order valence-corrected chi connectivity index (χ0v) is 69.3. The molecule has 33 nitrogen and oxygen atoms in total. The minimum atomic E-state index is -1.22. The highest BCUT2D eigenvalue weighted by Gasteiger charge is 2.45. The predicted molar refractivity (Wildman–Crippen MR) is 420 cm³/mol. The Morgan fingerprint density at radius 1 is 0.330 bits per heavy atom. The van der Waals surface area contributed by atoms with E-state index in [0.717, 1.165) is 77.0 Å². The van der Waals surface area contributed by atoms with Crippen molar-refractivity contribution in [2.24, 2.45) is 23.2 Å². The van der Waals surface area contributed by atoms with Crippen LogP contribution < -0.4 is 21.3 Å². The lowest BCUT2D eigenvalue weighted by atomic mass is 9.71. The van der Waals surface area contributed by atoms with Crippen molar-refractivity contribution < 1.29 is 141 Å². The van der Waals surface area contributed by atoms with Crippen molar-refractivity contribution in [2.75, 3.05) is 112 Å². The molecular formula is C82H146N4O29. The summed E-state index contributed by atoms with van der Waals surface area (Å²) in [6, 6.07) is 0. The van der Waals surface area contributed by atoms with Gasteiger partial charge in [-0.25, -0.2) is 4.79 Å². The average molecular weight is 1650 g/mol. The van der Waals surface area contributed by atoms with Crippen LogP contribution in [0.15, 0.2) is 0 Å². The summed E-state index contributed by atoms with van der Waals surface area (Å²) < 4.78 is 61.8. The Morgan fingerprint density at radius 2 is 0.670 bits per heavy atom. The van der Waals surface area contributed by atoms with Crippen molar-refractivity contribution in [3.8, 4) is 0 Å². The van der Waals surface area contributed by atoms with Crippen LogP contribution in [0.5, 0.6) is 0 Å². The van der Waals surface area contributed by atoms with Gasteiger partial charge in [0.2, 0.25) is 17.7 Å². The number of hydrogen-bond acceptors (Lipinski definition) is 29. The second-order valence-electron chi connectivity index (χ2n) is 31.1. The lowest BCUT2D eigenvalue weighted by molar-refractivity contribution is -0.282. The van der Waals surface area contributed by atoms with Gasteiger partial charge in [-0.3, -0.25) is 38.4 Å². The van der Waals surface area contributed by atoms with E-state index < -0.39 is 123 Å². The van der Waals surface area contributed by atoms with Crippen molar-refractivity contribution in [3.63, 3.8) is 0 Å². The number of nitrogens with one attached hydrogen (secondary N) is 4. The number of carbonyl (C=O) groups is 9. The molecule has 0 bridgehead atoms. The summed E-state index contributed by atoms with van der Waals surface area (Å²) in [6.45, 7) is 8.72. The van der Waals surface area contributed by atoms with Crippen LogP contribution in [0.1, 0.15) is 259 Å². The van der Waals surface area contributed by atoms with E-state index in [2.05, 4.69) is 21.3 Å². The van der Waals surface area contributed by atoms with Crippen LogP contribution in [0.25, 0.3) is 0 Å². The van der Waals surface area contributed by atoms with Crippen LogP contribution >= 0.6 is 0 Å². The molecule has 13 N–H and O–H groups in total. The monoisotopic (exact) mass is 1650 g/mol. The average Bonchev–Trinajstić information content (AvgIpc) is 0.836. The normalized spacial score (nSPS) is 24.0. The zero-order valence-electron chi connectivity index (χ0n) is 69.3. The fraction of sp³-hybridized carbons (Fsp3) is 0.890. The number of rotatable bonds is 70. The number of esters is 2. The summed E-state index contributed by atoms with van der Waals surface area (Å²) in [7, 11) is 0. The lowest BCUT2D eigenvalue weighted by Gasteiger charge is -2.40. The molecule has 0 spiro atoms. The molecule has 3 aliphatic heterocycles. The van der Waals surface area contributed by atoms with Crippen LogP contribution in [0.2, 0.25) is 0 Å². The van der Waals surface area contributed by atoms with Gasteiger partial charge in [-0.15, -0.1) is 0 Å². The molecule has 3 heterocycles. The van der Waals surface area contributed by atoms with Gasteiger partial charge >= 0.3 is 18.0 Å². The van der Waals surface area contributed by atoms with E-state index in [0.29, 0.717) is 129 Å². The molecule has 0 saturated carbocycles. The highest BCUT2D eigenvalue weighted by Crippen LogP contribution is 2.40. The number of aliphatic hydroxyl groups is 9. The van der Waals surface area contributed by atoms with Gasteiger partial charge in [0.05, 0.1) is 97.6 Å². The highest BCUT2D eigenvalue weighted by molar-refractivity contribution is 5.80. The summed E-state index contributed by atoms with van der Waals surface area (Å²) in [6.07, 6.45) is 6.01. The van der Waals surface area contributed by atoms with E-state index in [9.17, 15) is 89.1 Å². The number of alkyl carbamates (subject to hydrolysis) is 1. The summed E-state index contributed by atoms with van der Waals surface area (Å²) in [5, 5.41) is 101. The number of hydrogen-bond donors (Lipinski definition) is 13. The number of carbonyl (C=O) groups excluding carboxylic acids is 9. The Kier molecular flexibility index (Phi) is 57.9. The molecule has 115 heavy (non-hydrogen) atoms. The molecule has 33 heteroatoms. The van der Waals surface area contributed by atoms with Crippen molar-refractivity contribution in [3.05, 3.63) is 0 Å². The van der Waals surface area contributed by atoms with Gasteiger partial charge in [-0.05, 0) is 115 Å². The van der Waals surface area contributed by atoms with Gasteiger partial charge in [-0.1, -0.05) is 85.5 Å². The number of aliphatic hydroxyl groups excluding tert-OH is 9. The van der Waals surface area contributed by atoms with E-state index in [1.165, 1.54) is 0 Å². The molecule has 0 radical (unpaired) electrons. The first kappa shape index (κ1) is 104. The van der Waals surface area contributed by atoms with E-state index in [1.54, 1.807) is 27.7 Å². The smallest absolute Gasteiger partial charge is 0.407 e.